The zero-order valence-corrected chi connectivity index (χ0v) is 14.4. The summed E-state index contributed by atoms with van der Waals surface area (Å²) in [5.74, 6) is 1.81. The number of furan rings is 1. The van der Waals surface area contributed by atoms with Gasteiger partial charge in [0.15, 0.2) is 0 Å². The van der Waals surface area contributed by atoms with E-state index in [4.69, 9.17) is 10.2 Å². The Kier molecular flexibility index (Phi) is 4.10. The first-order valence-corrected chi connectivity index (χ1v) is 8.26. The Morgan fingerprint density at radius 2 is 2.17 bits per heavy atom. The average Bonchev–Trinajstić information content (AvgIpc) is 3.00. The fourth-order valence-corrected chi connectivity index (χ4v) is 3.50. The molecule has 3 rings (SSSR count). The molecule has 2 aromatic heterocycles. The molecular weight excluding hydrogens is 302 g/mol. The number of aliphatic hydroxyl groups excluding tert-OH is 1. The molecule has 0 radical (unpaired) electrons. The van der Waals surface area contributed by atoms with Gasteiger partial charge < -0.3 is 15.3 Å². The Morgan fingerprint density at radius 1 is 1.42 bits per heavy atom. The van der Waals surface area contributed by atoms with Gasteiger partial charge in [-0.2, -0.15) is 5.26 Å². The van der Waals surface area contributed by atoms with E-state index in [2.05, 4.69) is 31.8 Å². The molecule has 0 aliphatic heterocycles. The third-order valence-corrected chi connectivity index (χ3v) is 4.99. The number of aromatic nitrogens is 1. The van der Waals surface area contributed by atoms with Crippen LogP contribution in [0.2, 0.25) is 0 Å². The number of aliphatic hydroxyl groups is 1. The second kappa shape index (κ2) is 5.95. The van der Waals surface area contributed by atoms with E-state index in [-0.39, 0.29) is 17.8 Å². The Morgan fingerprint density at radius 3 is 2.75 bits per heavy atom. The van der Waals surface area contributed by atoms with Gasteiger partial charge in [-0.15, -0.1) is 0 Å². The fraction of sp³-hybridized carbons (Fsp3) is 0.474. The highest BCUT2D eigenvalue weighted by molar-refractivity contribution is 5.76. The summed E-state index contributed by atoms with van der Waals surface area (Å²) < 4.78 is 5.72. The van der Waals surface area contributed by atoms with Crippen molar-refractivity contribution in [3.05, 3.63) is 34.7 Å². The molecule has 0 saturated heterocycles. The van der Waals surface area contributed by atoms with Crippen LogP contribution in [0.4, 0.5) is 5.82 Å². The molecule has 1 atom stereocenters. The fourth-order valence-electron chi connectivity index (χ4n) is 3.50. The summed E-state index contributed by atoms with van der Waals surface area (Å²) in [7, 11) is 0. The normalized spacial score (nSPS) is 17.4. The first-order valence-electron chi connectivity index (χ1n) is 8.26. The lowest BCUT2D eigenvalue weighted by Crippen LogP contribution is -2.28. The van der Waals surface area contributed by atoms with Gasteiger partial charge in [-0.3, -0.25) is 0 Å². The Hall–Kier alpha value is -2.32. The van der Waals surface area contributed by atoms with E-state index in [9.17, 15) is 10.4 Å². The molecule has 0 spiro atoms. The number of aryl methyl sites for hydroxylation is 1. The van der Waals surface area contributed by atoms with E-state index in [0.29, 0.717) is 23.0 Å². The summed E-state index contributed by atoms with van der Waals surface area (Å²) in [6.45, 7) is 6.56. The largest absolute Gasteiger partial charge is 0.459 e. The molecule has 0 bridgehead atoms. The number of hydrogen-bond donors (Lipinski definition) is 2. The predicted molar refractivity (Wildman–Crippen MR) is 92.0 cm³/mol. The van der Waals surface area contributed by atoms with Crippen LogP contribution in [-0.4, -0.2) is 10.1 Å². The van der Waals surface area contributed by atoms with Gasteiger partial charge in [0.05, 0.1) is 0 Å². The number of hydrogen-bond acceptors (Lipinski definition) is 5. The molecule has 0 amide bonds. The monoisotopic (exact) mass is 325 g/mol. The lowest BCUT2D eigenvalue weighted by atomic mass is 9.70. The van der Waals surface area contributed by atoms with Crippen LogP contribution in [0, 0.1) is 22.7 Å². The molecule has 0 saturated carbocycles. The van der Waals surface area contributed by atoms with E-state index in [1.54, 1.807) is 12.1 Å². The number of nitrogens with zero attached hydrogens (tertiary/aromatic N) is 2. The molecule has 2 aromatic rings. The molecule has 5 heteroatoms. The number of anilines is 1. The second-order valence-electron chi connectivity index (χ2n) is 7.51. The van der Waals surface area contributed by atoms with Crippen LogP contribution in [0.5, 0.6) is 0 Å². The van der Waals surface area contributed by atoms with Crippen molar-refractivity contribution < 1.29 is 9.52 Å². The van der Waals surface area contributed by atoms with Gasteiger partial charge in [0, 0.05) is 11.3 Å². The number of nitrogen functional groups attached to an aromatic ring is 1. The predicted octanol–water partition coefficient (Wildman–Crippen LogP) is 3.44. The van der Waals surface area contributed by atoms with Crippen molar-refractivity contribution >= 4 is 5.82 Å². The van der Waals surface area contributed by atoms with Crippen LogP contribution < -0.4 is 5.73 Å². The van der Waals surface area contributed by atoms with E-state index in [1.165, 1.54) is 0 Å². The number of fused-ring (bicyclic) bond motifs is 1. The molecule has 126 valence electrons. The quantitative estimate of drug-likeness (QED) is 0.881. The van der Waals surface area contributed by atoms with Crippen molar-refractivity contribution in [1.82, 2.24) is 4.98 Å². The van der Waals surface area contributed by atoms with Crippen LogP contribution in [0.15, 0.2) is 16.5 Å². The summed E-state index contributed by atoms with van der Waals surface area (Å²) in [5.41, 5.74) is 9.34. The SMILES string of the molecule is CC(C)(C)C1CCc2nc(N)c(C#N)c(-c3ccc(CO)o3)c2C1. The highest BCUT2D eigenvalue weighted by Gasteiger charge is 2.33. The van der Waals surface area contributed by atoms with Crippen molar-refractivity contribution in [3.8, 4) is 17.4 Å². The zero-order chi connectivity index (χ0) is 17.5. The molecule has 1 unspecified atom stereocenters. The minimum Gasteiger partial charge on any atom is -0.459 e. The lowest BCUT2D eigenvalue weighted by molar-refractivity contribution is 0.215. The van der Waals surface area contributed by atoms with Gasteiger partial charge >= 0.3 is 0 Å². The molecule has 24 heavy (non-hydrogen) atoms. The number of nitriles is 1. The third kappa shape index (κ3) is 2.78. The van der Waals surface area contributed by atoms with E-state index in [0.717, 1.165) is 36.1 Å². The molecule has 3 N–H and O–H groups in total. The molecule has 5 nitrogen and oxygen atoms in total. The Bertz CT molecular complexity index is 809. The summed E-state index contributed by atoms with van der Waals surface area (Å²) in [5, 5.41) is 18.9. The van der Waals surface area contributed by atoms with Crippen LogP contribution in [0.1, 0.15) is 49.8 Å². The topological polar surface area (TPSA) is 96.1 Å². The van der Waals surface area contributed by atoms with Gasteiger partial charge in [0.2, 0.25) is 0 Å². The minimum atomic E-state index is -0.171. The van der Waals surface area contributed by atoms with Crippen molar-refractivity contribution in [3.63, 3.8) is 0 Å². The van der Waals surface area contributed by atoms with Gasteiger partial charge in [-0.1, -0.05) is 20.8 Å². The summed E-state index contributed by atoms with van der Waals surface area (Å²) >= 11 is 0. The standard InChI is InChI=1S/C19H23N3O2/c1-19(2,3)11-4-6-15-13(8-11)17(14(9-20)18(21)22-15)16-7-5-12(10-23)24-16/h5,7,11,23H,4,6,8,10H2,1-3H3,(H2,21,22). The molecule has 0 fully saturated rings. The maximum absolute atomic E-state index is 9.59. The van der Waals surface area contributed by atoms with Gasteiger partial charge in [0.1, 0.15) is 35.6 Å². The van der Waals surface area contributed by atoms with Crippen LogP contribution in [-0.2, 0) is 19.4 Å². The molecular formula is C19H23N3O2. The lowest BCUT2D eigenvalue weighted by Gasteiger charge is -2.35. The van der Waals surface area contributed by atoms with Crippen molar-refractivity contribution in [2.24, 2.45) is 11.3 Å². The summed E-state index contributed by atoms with van der Waals surface area (Å²) in [6.07, 6.45) is 2.77. The second-order valence-corrected chi connectivity index (χ2v) is 7.51. The minimum absolute atomic E-state index is 0.171. The maximum Gasteiger partial charge on any atom is 0.142 e. The number of pyridine rings is 1. The summed E-state index contributed by atoms with van der Waals surface area (Å²) in [6, 6.07) is 5.70. The van der Waals surface area contributed by atoms with Crippen molar-refractivity contribution in [2.75, 3.05) is 5.73 Å². The van der Waals surface area contributed by atoms with Crippen molar-refractivity contribution in [1.29, 1.82) is 5.26 Å². The van der Waals surface area contributed by atoms with Crippen LogP contribution in [0.3, 0.4) is 0 Å². The smallest absolute Gasteiger partial charge is 0.142 e. The van der Waals surface area contributed by atoms with Crippen molar-refractivity contribution in [2.45, 2.75) is 46.6 Å². The molecule has 0 aromatic carbocycles. The highest BCUT2D eigenvalue weighted by atomic mass is 16.4. The van der Waals surface area contributed by atoms with Gasteiger partial charge in [-0.25, -0.2) is 4.98 Å². The van der Waals surface area contributed by atoms with Crippen LogP contribution >= 0.6 is 0 Å². The van der Waals surface area contributed by atoms with Crippen LogP contribution in [0.25, 0.3) is 11.3 Å². The molecule has 1 aliphatic carbocycles. The third-order valence-electron chi connectivity index (χ3n) is 4.99. The Balaban J connectivity index is 2.19. The summed E-state index contributed by atoms with van der Waals surface area (Å²) in [4.78, 5) is 4.48. The Labute approximate surface area is 142 Å². The first kappa shape index (κ1) is 16.5. The molecule has 2 heterocycles. The van der Waals surface area contributed by atoms with E-state index in [1.807, 2.05) is 0 Å². The average molecular weight is 325 g/mol. The maximum atomic E-state index is 9.59. The van der Waals surface area contributed by atoms with E-state index < -0.39 is 0 Å². The highest BCUT2D eigenvalue weighted by Crippen LogP contribution is 2.42. The number of nitrogens with two attached hydrogens (primary N) is 1. The van der Waals surface area contributed by atoms with E-state index >= 15 is 0 Å². The zero-order valence-electron chi connectivity index (χ0n) is 14.4. The first-order chi connectivity index (χ1) is 11.3. The number of rotatable bonds is 2. The molecule has 1 aliphatic rings. The van der Waals surface area contributed by atoms with Gasteiger partial charge in [-0.05, 0) is 48.3 Å². The van der Waals surface area contributed by atoms with Gasteiger partial charge in [0.25, 0.3) is 0 Å².